The third-order valence-electron chi connectivity index (χ3n) is 5.43. The molecule has 0 unspecified atom stereocenters. The lowest BCUT2D eigenvalue weighted by atomic mass is 9.80. The minimum atomic E-state index is -1.48. The van der Waals surface area contributed by atoms with Crippen LogP contribution in [0, 0.1) is 0 Å². The largest absolute Gasteiger partial charge is 0.488 e. The van der Waals surface area contributed by atoms with E-state index in [2.05, 4.69) is 65.6 Å². The van der Waals surface area contributed by atoms with Crippen LogP contribution in [0.1, 0.15) is 0 Å². The molecular formula is C26H20BNO2. The van der Waals surface area contributed by atoms with Gasteiger partial charge in [0.25, 0.3) is 0 Å². The molecule has 0 aliphatic carbocycles. The summed E-state index contributed by atoms with van der Waals surface area (Å²) < 4.78 is 0. The van der Waals surface area contributed by atoms with Gasteiger partial charge in [0.2, 0.25) is 0 Å². The normalized spacial score (nSPS) is 11.0. The highest BCUT2D eigenvalue weighted by Gasteiger charge is 2.16. The third-order valence-corrected chi connectivity index (χ3v) is 5.43. The van der Waals surface area contributed by atoms with Gasteiger partial charge in [-0.05, 0) is 63.4 Å². The van der Waals surface area contributed by atoms with Crippen LogP contribution in [-0.4, -0.2) is 17.2 Å². The molecule has 144 valence electrons. The van der Waals surface area contributed by atoms with Crippen molar-refractivity contribution in [3.05, 3.63) is 109 Å². The molecule has 0 fully saturated rings. The van der Waals surface area contributed by atoms with Gasteiger partial charge in [-0.25, -0.2) is 0 Å². The topological polar surface area (TPSA) is 43.7 Å². The van der Waals surface area contributed by atoms with Crippen LogP contribution in [0.5, 0.6) is 0 Å². The van der Waals surface area contributed by atoms with E-state index in [1.807, 2.05) is 36.4 Å². The van der Waals surface area contributed by atoms with Crippen LogP contribution >= 0.6 is 0 Å². The van der Waals surface area contributed by atoms with Crippen molar-refractivity contribution in [1.82, 2.24) is 0 Å². The zero-order chi connectivity index (χ0) is 20.5. The molecule has 0 bridgehead atoms. The van der Waals surface area contributed by atoms with E-state index >= 15 is 0 Å². The van der Waals surface area contributed by atoms with Crippen molar-refractivity contribution in [1.29, 1.82) is 0 Å². The summed E-state index contributed by atoms with van der Waals surface area (Å²) in [4.78, 5) is 2.19. The number of benzene rings is 5. The van der Waals surface area contributed by atoms with Gasteiger partial charge in [-0.3, -0.25) is 0 Å². The van der Waals surface area contributed by atoms with E-state index in [9.17, 15) is 10.0 Å². The van der Waals surface area contributed by atoms with Gasteiger partial charge >= 0.3 is 7.12 Å². The first-order chi connectivity index (χ1) is 14.7. The van der Waals surface area contributed by atoms with Gasteiger partial charge in [-0.1, -0.05) is 72.8 Å². The van der Waals surface area contributed by atoms with E-state index in [1.54, 1.807) is 12.1 Å². The molecule has 5 aromatic carbocycles. The van der Waals surface area contributed by atoms with Crippen LogP contribution in [-0.2, 0) is 0 Å². The summed E-state index contributed by atoms with van der Waals surface area (Å²) in [5.74, 6) is 0. The summed E-state index contributed by atoms with van der Waals surface area (Å²) in [7, 11) is -1.48. The number of nitrogens with zero attached hydrogens (tertiary/aromatic N) is 1. The molecule has 0 saturated heterocycles. The fourth-order valence-corrected chi connectivity index (χ4v) is 3.87. The first-order valence-corrected chi connectivity index (χ1v) is 9.93. The van der Waals surface area contributed by atoms with Gasteiger partial charge in [-0.2, -0.15) is 0 Å². The van der Waals surface area contributed by atoms with Crippen molar-refractivity contribution >= 4 is 51.2 Å². The van der Waals surface area contributed by atoms with Gasteiger partial charge in [0, 0.05) is 17.1 Å². The second kappa shape index (κ2) is 7.67. The van der Waals surface area contributed by atoms with Gasteiger partial charge in [0.15, 0.2) is 0 Å². The summed E-state index contributed by atoms with van der Waals surface area (Å²) in [6, 6.07) is 36.8. The van der Waals surface area contributed by atoms with E-state index in [-0.39, 0.29) is 0 Å². The quantitative estimate of drug-likeness (QED) is 0.418. The maximum Gasteiger partial charge on any atom is 0.488 e. The second-order valence-corrected chi connectivity index (χ2v) is 7.36. The molecule has 0 aromatic heterocycles. The van der Waals surface area contributed by atoms with E-state index < -0.39 is 7.12 Å². The molecule has 0 heterocycles. The van der Waals surface area contributed by atoms with Crippen LogP contribution in [0.3, 0.4) is 0 Å². The number of rotatable bonds is 4. The number of hydrogen-bond acceptors (Lipinski definition) is 3. The molecule has 4 heteroatoms. The smallest absolute Gasteiger partial charge is 0.423 e. The summed E-state index contributed by atoms with van der Waals surface area (Å²) in [5, 5.41) is 23.7. The summed E-state index contributed by atoms with van der Waals surface area (Å²) in [6.45, 7) is 0. The molecule has 0 aliphatic rings. The van der Waals surface area contributed by atoms with Crippen LogP contribution in [0.4, 0.5) is 17.1 Å². The summed E-state index contributed by atoms with van der Waals surface area (Å²) in [6.07, 6.45) is 0. The Labute approximate surface area is 175 Å². The Morgan fingerprint density at radius 1 is 0.467 bits per heavy atom. The minimum absolute atomic E-state index is 0.468. The predicted molar refractivity (Wildman–Crippen MR) is 126 cm³/mol. The van der Waals surface area contributed by atoms with E-state index in [1.165, 1.54) is 21.5 Å². The standard InChI is InChI=1S/C26H20BNO2/c29-27(30)23-11-15-24(16-12-23)28(25-13-9-19-5-1-3-7-21(19)17-25)26-14-10-20-6-2-4-8-22(20)18-26/h1-18,29-30H. The van der Waals surface area contributed by atoms with Crippen LogP contribution in [0.25, 0.3) is 21.5 Å². The Bertz CT molecular complexity index is 1250. The molecule has 30 heavy (non-hydrogen) atoms. The highest BCUT2D eigenvalue weighted by atomic mass is 16.4. The molecule has 5 aromatic rings. The lowest BCUT2D eigenvalue weighted by molar-refractivity contribution is 0.426. The Hall–Kier alpha value is -3.60. The molecule has 0 spiro atoms. The first-order valence-electron chi connectivity index (χ1n) is 9.93. The van der Waals surface area contributed by atoms with Gasteiger partial charge in [0.1, 0.15) is 0 Å². The Balaban J connectivity index is 1.69. The average molecular weight is 389 g/mol. The number of fused-ring (bicyclic) bond motifs is 2. The van der Waals surface area contributed by atoms with Crippen molar-refractivity contribution in [2.75, 3.05) is 4.90 Å². The fourth-order valence-electron chi connectivity index (χ4n) is 3.87. The third kappa shape index (κ3) is 3.43. The highest BCUT2D eigenvalue weighted by Crippen LogP contribution is 2.37. The van der Waals surface area contributed by atoms with Gasteiger partial charge < -0.3 is 14.9 Å². The second-order valence-electron chi connectivity index (χ2n) is 7.36. The Morgan fingerprint density at radius 3 is 1.37 bits per heavy atom. The highest BCUT2D eigenvalue weighted by molar-refractivity contribution is 6.58. The molecule has 0 amide bonds. The van der Waals surface area contributed by atoms with Gasteiger partial charge in [-0.15, -0.1) is 0 Å². The molecule has 2 N–H and O–H groups in total. The zero-order valence-electron chi connectivity index (χ0n) is 16.3. The molecule has 5 rings (SSSR count). The lowest BCUT2D eigenvalue weighted by Crippen LogP contribution is -2.29. The van der Waals surface area contributed by atoms with Crippen molar-refractivity contribution in [2.24, 2.45) is 0 Å². The Morgan fingerprint density at radius 2 is 0.900 bits per heavy atom. The SMILES string of the molecule is OB(O)c1ccc(N(c2ccc3ccccc3c2)c2ccc3ccccc3c2)cc1. The monoisotopic (exact) mass is 389 g/mol. The van der Waals surface area contributed by atoms with Crippen molar-refractivity contribution in [3.8, 4) is 0 Å². The first kappa shape index (κ1) is 18.4. The maximum absolute atomic E-state index is 9.47. The molecule has 0 aliphatic heterocycles. The molecule has 3 nitrogen and oxygen atoms in total. The van der Waals surface area contributed by atoms with Crippen LogP contribution in [0.2, 0.25) is 0 Å². The molecule has 0 saturated carbocycles. The maximum atomic E-state index is 9.47. The van der Waals surface area contributed by atoms with E-state index in [0.29, 0.717) is 5.46 Å². The number of anilines is 3. The fraction of sp³-hybridized carbons (Fsp3) is 0. The van der Waals surface area contributed by atoms with E-state index in [0.717, 1.165) is 17.1 Å². The van der Waals surface area contributed by atoms with E-state index in [4.69, 9.17) is 0 Å². The van der Waals surface area contributed by atoms with Gasteiger partial charge in [0.05, 0.1) is 0 Å². The number of hydrogen-bond donors (Lipinski definition) is 2. The molecule has 0 atom stereocenters. The average Bonchev–Trinajstić information content (AvgIpc) is 2.79. The Kier molecular flexibility index (Phi) is 4.72. The summed E-state index contributed by atoms with van der Waals surface area (Å²) in [5.41, 5.74) is 3.50. The minimum Gasteiger partial charge on any atom is -0.423 e. The van der Waals surface area contributed by atoms with Crippen molar-refractivity contribution in [3.63, 3.8) is 0 Å². The van der Waals surface area contributed by atoms with Crippen molar-refractivity contribution in [2.45, 2.75) is 0 Å². The zero-order valence-corrected chi connectivity index (χ0v) is 16.3. The van der Waals surface area contributed by atoms with Crippen molar-refractivity contribution < 1.29 is 10.0 Å². The summed E-state index contributed by atoms with van der Waals surface area (Å²) >= 11 is 0. The lowest BCUT2D eigenvalue weighted by Gasteiger charge is -2.26. The van der Waals surface area contributed by atoms with Crippen LogP contribution < -0.4 is 10.4 Å². The van der Waals surface area contributed by atoms with Crippen LogP contribution in [0.15, 0.2) is 109 Å². The molecule has 0 radical (unpaired) electrons. The molecular weight excluding hydrogens is 369 g/mol. The predicted octanol–water partition coefficient (Wildman–Crippen LogP) is 5.14.